The Morgan fingerprint density at radius 1 is 0.500 bits per heavy atom. The quantitative estimate of drug-likeness (QED) is 0.538. The SMILES string of the molecule is [CH3-].[CH3-].[CH3-].[Yb+3]. The molecule has 0 N–H and O–H groups in total. The second-order valence-corrected chi connectivity index (χ2v) is 0. The predicted octanol–water partition coefficient (Wildman–Crippen LogP) is 1.35. The van der Waals surface area contributed by atoms with E-state index < -0.39 is 0 Å². The molecule has 0 rings (SSSR count). The van der Waals surface area contributed by atoms with Crippen molar-refractivity contribution >= 4 is 0 Å². The van der Waals surface area contributed by atoms with Crippen molar-refractivity contribution in [2.24, 2.45) is 0 Å². The van der Waals surface area contributed by atoms with Crippen LogP contribution in [0.15, 0.2) is 0 Å². The summed E-state index contributed by atoms with van der Waals surface area (Å²) in [5, 5.41) is 0. The van der Waals surface area contributed by atoms with E-state index in [0.29, 0.717) is 0 Å². The van der Waals surface area contributed by atoms with E-state index in [2.05, 4.69) is 0 Å². The van der Waals surface area contributed by atoms with E-state index in [-0.39, 0.29) is 69.2 Å². The molecule has 0 amide bonds. The van der Waals surface area contributed by atoms with Crippen LogP contribution in [0.25, 0.3) is 0 Å². The summed E-state index contributed by atoms with van der Waals surface area (Å²) < 4.78 is 0. The molecule has 1 radical (unpaired) electrons. The molecule has 0 heterocycles. The van der Waals surface area contributed by atoms with Gasteiger partial charge in [-0.1, -0.05) is 0 Å². The minimum atomic E-state index is 0. The van der Waals surface area contributed by atoms with Gasteiger partial charge in [-0.05, 0) is 0 Å². The molecule has 0 aliphatic rings. The maximum Gasteiger partial charge on any atom is 3.00 e. The fourth-order valence-electron chi connectivity index (χ4n) is 0. The molecule has 0 bridgehead atoms. The first-order valence-electron chi connectivity index (χ1n) is 0. The molecule has 0 nitrogen and oxygen atoms in total. The topological polar surface area (TPSA) is 0 Å². The Kier molecular flexibility index (Phi) is 296. The van der Waals surface area contributed by atoms with Crippen LogP contribution in [0.3, 0.4) is 0 Å². The minimum absolute atomic E-state index is 0. The fraction of sp³-hybridized carbons (Fsp3) is 0. The van der Waals surface area contributed by atoms with E-state index in [1.807, 2.05) is 0 Å². The molecule has 0 aromatic heterocycles. The van der Waals surface area contributed by atoms with Crippen LogP contribution in [0.5, 0.6) is 0 Å². The largest absolute Gasteiger partial charge is 3.00 e. The van der Waals surface area contributed by atoms with Crippen LogP contribution in [0.4, 0.5) is 0 Å². The second kappa shape index (κ2) is 24.2. The molecule has 4 heavy (non-hydrogen) atoms. The summed E-state index contributed by atoms with van der Waals surface area (Å²) in [5.74, 6) is 0. The zero-order valence-corrected chi connectivity index (χ0v) is 4.98. The number of rotatable bonds is 0. The molecule has 0 unspecified atom stereocenters. The van der Waals surface area contributed by atoms with Crippen molar-refractivity contribution in [2.75, 3.05) is 0 Å². The summed E-state index contributed by atoms with van der Waals surface area (Å²) in [6, 6.07) is 0. The molecule has 0 saturated carbocycles. The Morgan fingerprint density at radius 2 is 0.500 bits per heavy atom. The van der Waals surface area contributed by atoms with Gasteiger partial charge in [0.05, 0.1) is 0 Å². The van der Waals surface area contributed by atoms with Gasteiger partial charge in [-0.2, -0.15) is 0 Å². The zero-order chi connectivity index (χ0) is 0. The van der Waals surface area contributed by atoms with Crippen LogP contribution in [0.1, 0.15) is 0 Å². The average molecular weight is 218 g/mol. The monoisotopic (exact) mass is 219 g/mol. The first-order chi connectivity index (χ1) is 0. The van der Waals surface area contributed by atoms with Crippen molar-refractivity contribution in [1.82, 2.24) is 0 Å². The maximum atomic E-state index is 0. The van der Waals surface area contributed by atoms with E-state index in [9.17, 15) is 0 Å². The average Bonchev–Trinajstić information content (AvgIpc) is 0. The fourth-order valence-corrected chi connectivity index (χ4v) is 0. The Hall–Kier alpha value is 1.52. The molecule has 0 aliphatic carbocycles. The van der Waals surface area contributed by atoms with Crippen molar-refractivity contribution < 1.29 is 46.9 Å². The van der Waals surface area contributed by atoms with Gasteiger partial charge < -0.3 is 22.3 Å². The van der Waals surface area contributed by atoms with Gasteiger partial charge >= 0.3 is 46.9 Å². The van der Waals surface area contributed by atoms with Gasteiger partial charge in [-0.25, -0.2) is 0 Å². The van der Waals surface area contributed by atoms with Crippen LogP contribution in [-0.2, 0) is 0 Å². The molecule has 0 fully saturated rings. The van der Waals surface area contributed by atoms with Gasteiger partial charge in [-0.3, -0.25) is 0 Å². The summed E-state index contributed by atoms with van der Waals surface area (Å²) in [5.41, 5.74) is 0. The molecule has 0 atom stereocenters. The summed E-state index contributed by atoms with van der Waals surface area (Å²) >= 11 is 0. The summed E-state index contributed by atoms with van der Waals surface area (Å²) in [7, 11) is 0. The van der Waals surface area contributed by atoms with Gasteiger partial charge in [0, 0.05) is 0 Å². The molecule has 1 heteroatoms. The molecular weight excluding hydrogens is 209 g/mol. The van der Waals surface area contributed by atoms with Crippen LogP contribution < -0.4 is 0 Å². The Labute approximate surface area is 68.2 Å². The Balaban J connectivity index is 0. The van der Waals surface area contributed by atoms with E-state index in [4.69, 9.17) is 0 Å². The molecular formula is C3H9Yb. The van der Waals surface area contributed by atoms with Crippen molar-refractivity contribution in [3.8, 4) is 0 Å². The summed E-state index contributed by atoms with van der Waals surface area (Å²) in [6.45, 7) is 0. The van der Waals surface area contributed by atoms with E-state index in [1.54, 1.807) is 0 Å². The first kappa shape index (κ1) is 48.8. The second-order valence-electron chi connectivity index (χ2n) is 0. The minimum Gasteiger partial charge on any atom is -0.358 e. The van der Waals surface area contributed by atoms with Crippen LogP contribution in [-0.4, -0.2) is 0 Å². The normalized spacial score (nSPS) is 0. The van der Waals surface area contributed by atoms with Gasteiger partial charge in [0.25, 0.3) is 0 Å². The van der Waals surface area contributed by atoms with Gasteiger partial charge in [0.2, 0.25) is 0 Å². The maximum absolute atomic E-state index is 0. The number of hydrogen-bond donors (Lipinski definition) is 0. The third kappa shape index (κ3) is 9.68. The first-order valence-corrected chi connectivity index (χ1v) is 0. The third-order valence-corrected chi connectivity index (χ3v) is 0. The van der Waals surface area contributed by atoms with E-state index >= 15 is 0 Å². The van der Waals surface area contributed by atoms with Gasteiger partial charge in [0.1, 0.15) is 0 Å². The van der Waals surface area contributed by atoms with Crippen molar-refractivity contribution in [1.29, 1.82) is 0 Å². The smallest absolute Gasteiger partial charge is 0.358 e. The standard InChI is InChI=1S/3CH3.Yb/h3*1H3;/q3*-1;+3. The molecule has 0 aliphatic heterocycles. The zero-order valence-electron chi connectivity index (χ0n) is 3.27. The van der Waals surface area contributed by atoms with Crippen molar-refractivity contribution in [2.45, 2.75) is 0 Å². The third-order valence-electron chi connectivity index (χ3n) is 0. The molecule has 0 aromatic rings. The predicted molar refractivity (Wildman–Crippen MR) is 19.2 cm³/mol. The van der Waals surface area contributed by atoms with Crippen molar-refractivity contribution in [3.63, 3.8) is 0 Å². The van der Waals surface area contributed by atoms with Crippen LogP contribution in [0.2, 0.25) is 0 Å². The Morgan fingerprint density at radius 3 is 0.500 bits per heavy atom. The van der Waals surface area contributed by atoms with E-state index in [1.165, 1.54) is 0 Å². The molecule has 0 saturated heterocycles. The van der Waals surface area contributed by atoms with Gasteiger partial charge in [0.15, 0.2) is 0 Å². The number of hydrogen-bond acceptors (Lipinski definition) is 0. The molecule has 0 spiro atoms. The summed E-state index contributed by atoms with van der Waals surface area (Å²) in [4.78, 5) is 0. The van der Waals surface area contributed by atoms with Crippen molar-refractivity contribution in [3.05, 3.63) is 22.3 Å². The van der Waals surface area contributed by atoms with Crippen LogP contribution >= 0.6 is 0 Å². The van der Waals surface area contributed by atoms with Crippen LogP contribution in [0, 0.1) is 69.2 Å². The Bertz CT molecular complexity index is 3.25. The molecule has 35 valence electrons. The van der Waals surface area contributed by atoms with E-state index in [0.717, 1.165) is 0 Å². The summed E-state index contributed by atoms with van der Waals surface area (Å²) in [6.07, 6.45) is 0. The molecule has 0 aromatic carbocycles. The van der Waals surface area contributed by atoms with Gasteiger partial charge in [-0.15, -0.1) is 0 Å².